The summed E-state index contributed by atoms with van der Waals surface area (Å²) in [4.78, 5) is 18.5. The van der Waals surface area contributed by atoms with Crippen LogP contribution in [0.2, 0.25) is 0 Å². The topological polar surface area (TPSA) is 90.3 Å². The number of nitrogens with one attached hydrogen (secondary N) is 2. The predicted molar refractivity (Wildman–Crippen MR) is 143 cm³/mol. The lowest BCUT2D eigenvalue weighted by Gasteiger charge is -2.14. The van der Waals surface area contributed by atoms with Crippen molar-refractivity contribution in [2.45, 2.75) is 6.61 Å². The van der Waals surface area contributed by atoms with E-state index in [1.54, 1.807) is 42.5 Å². The van der Waals surface area contributed by atoms with Crippen molar-refractivity contribution in [3.05, 3.63) is 102 Å². The third-order valence-electron chi connectivity index (χ3n) is 5.48. The minimum Gasteiger partial charge on any atom is -0.486 e. The number of hydrogen-bond donors (Lipinski definition) is 2. The molecule has 0 spiro atoms. The molecule has 0 bridgehead atoms. The number of anilines is 3. The zero-order valence-electron chi connectivity index (χ0n) is 20.8. The van der Waals surface area contributed by atoms with Crippen molar-refractivity contribution in [1.82, 2.24) is 9.88 Å². The SMILES string of the molecule is CN(C)CC=CC(=O)Nc1ccc2ncc(C#N)c(Nc3ccc(OCc4cccc(F)c4)c(F)c3)c2c1. The number of likely N-dealkylation sites (N-methyl/N-ethyl adjacent to an activating group) is 1. The summed E-state index contributed by atoms with van der Waals surface area (Å²) in [6.07, 6.45) is 4.63. The highest BCUT2D eigenvalue weighted by Gasteiger charge is 2.13. The number of fused-ring (bicyclic) bond motifs is 1. The highest BCUT2D eigenvalue weighted by atomic mass is 19.1. The average molecular weight is 514 g/mol. The Hall–Kier alpha value is -4.81. The summed E-state index contributed by atoms with van der Waals surface area (Å²) < 4.78 is 33.7. The number of rotatable bonds is 9. The quantitative estimate of drug-likeness (QED) is 0.277. The highest BCUT2D eigenvalue weighted by molar-refractivity contribution is 6.03. The van der Waals surface area contributed by atoms with E-state index in [2.05, 4.69) is 21.7 Å². The van der Waals surface area contributed by atoms with Gasteiger partial charge in [0.25, 0.3) is 0 Å². The summed E-state index contributed by atoms with van der Waals surface area (Å²) in [5.74, 6) is -1.30. The fourth-order valence-corrected chi connectivity index (χ4v) is 3.67. The van der Waals surface area contributed by atoms with E-state index in [-0.39, 0.29) is 23.8 Å². The summed E-state index contributed by atoms with van der Waals surface area (Å²) in [5.41, 5.74) is 2.73. The number of pyridine rings is 1. The smallest absolute Gasteiger partial charge is 0.248 e. The molecule has 0 aliphatic heterocycles. The van der Waals surface area contributed by atoms with Crippen LogP contribution in [0.15, 0.2) is 79.0 Å². The number of hydrogen-bond acceptors (Lipinski definition) is 6. The molecule has 1 aromatic heterocycles. The Morgan fingerprint density at radius 3 is 2.66 bits per heavy atom. The largest absolute Gasteiger partial charge is 0.486 e. The van der Waals surface area contributed by atoms with E-state index in [9.17, 15) is 18.8 Å². The zero-order chi connectivity index (χ0) is 27.1. The molecular weight excluding hydrogens is 488 g/mol. The zero-order valence-corrected chi connectivity index (χ0v) is 20.8. The van der Waals surface area contributed by atoms with Gasteiger partial charge in [-0.1, -0.05) is 18.2 Å². The molecule has 2 N–H and O–H groups in total. The molecule has 0 aliphatic rings. The molecule has 3 aromatic carbocycles. The van der Waals surface area contributed by atoms with Crippen molar-refractivity contribution >= 4 is 33.9 Å². The van der Waals surface area contributed by atoms with Crippen molar-refractivity contribution in [3.63, 3.8) is 0 Å². The van der Waals surface area contributed by atoms with Crippen molar-refractivity contribution < 1.29 is 18.3 Å². The number of ether oxygens (including phenoxy) is 1. The maximum absolute atomic E-state index is 14.8. The van der Waals surface area contributed by atoms with E-state index in [0.717, 1.165) is 0 Å². The van der Waals surface area contributed by atoms with Crippen molar-refractivity contribution in [2.24, 2.45) is 0 Å². The number of carbonyl (C=O) groups is 1. The molecule has 4 aromatic rings. The fraction of sp³-hybridized carbons (Fsp3) is 0.138. The molecule has 0 radical (unpaired) electrons. The van der Waals surface area contributed by atoms with Gasteiger partial charge in [0.2, 0.25) is 5.91 Å². The molecule has 38 heavy (non-hydrogen) atoms. The van der Waals surface area contributed by atoms with Crippen LogP contribution in [-0.4, -0.2) is 36.4 Å². The van der Waals surface area contributed by atoms with Crippen LogP contribution in [0, 0.1) is 23.0 Å². The number of aromatic nitrogens is 1. The molecule has 0 saturated heterocycles. The van der Waals surface area contributed by atoms with Crippen molar-refractivity contribution in [3.8, 4) is 11.8 Å². The van der Waals surface area contributed by atoms with Crippen molar-refractivity contribution in [2.75, 3.05) is 31.3 Å². The van der Waals surface area contributed by atoms with Gasteiger partial charge >= 0.3 is 0 Å². The Morgan fingerprint density at radius 1 is 1.11 bits per heavy atom. The van der Waals surface area contributed by atoms with Gasteiger partial charge in [-0.25, -0.2) is 8.78 Å². The molecule has 1 heterocycles. The normalized spacial score (nSPS) is 11.1. The lowest BCUT2D eigenvalue weighted by atomic mass is 10.1. The first-order valence-electron chi connectivity index (χ1n) is 11.7. The maximum Gasteiger partial charge on any atom is 0.248 e. The van der Waals surface area contributed by atoms with Gasteiger partial charge in [0.1, 0.15) is 18.5 Å². The number of benzene rings is 3. The molecule has 0 aliphatic carbocycles. The van der Waals surface area contributed by atoms with Crippen LogP contribution in [0.3, 0.4) is 0 Å². The number of carbonyl (C=O) groups excluding carboxylic acids is 1. The van der Waals surface area contributed by atoms with E-state index >= 15 is 0 Å². The molecule has 7 nitrogen and oxygen atoms in total. The first-order chi connectivity index (χ1) is 18.3. The summed E-state index contributed by atoms with van der Waals surface area (Å²) in [6.45, 7) is 0.633. The molecule has 0 fully saturated rings. The van der Waals surface area contributed by atoms with Gasteiger partial charge in [0, 0.05) is 41.6 Å². The van der Waals surface area contributed by atoms with Gasteiger partial charge in [-0.3, -0.25) is 9.78 Å². The summed E-state index contributed by atoms with van der Waals surface area (Å²) in [6, 6.07) is 17.4. The Kier molecular flexibility index (Phi) is 8.26. The van der Waals surface area contributed by atoms with Crippen LogP contribution in [0.5, 0.6) is 5.75 Å². The van der Waals surface area contributed by atoms with Crippen LogP contribution >= 0.6 is 0 Å². The summed E-state index contributed by atoms with van der Waals surface area (Å²) >= 11 is 0. The molecule has 4 rings (SSSR count). The van der Waals surface area contributed by atoms with Gasteiger partial charge in [-0.2, -0.15) is 5.26 Å². The van der Waals surface area contributed by atoms with Crippen LogP contribution in [0.25, 0.3) is 10.9 Å². The third kappa shape index (κ3) is 6.69. The van der Waals surface area contributed by atoms with Gasteiger partial charge in [-0.05, 0) is 62.1 Å². The molecule has 0 atom stereocenters. The lowest BCUT2D eigenvalue weighted by molar-refractivity contribution is -0.111. The molecule has 192 valence electrons. The Morgan fingerprint density at radius 2 is 1.92 bits per heavy atom. The minimum absolute atomic E-state index is 0.00669. The number of nitriles is 1. The lowest BCUT2D eigenvalue weighted by Crippen LogP contribution is -2.12. The Bertz CT molecular complexity index is 1550. The molecule has 1 amide bonds. The third-order valence-corrected chi connectivity index (χ3v) is 5.48. The second kappa shape index (κ2) is 12.0. The molecule has 0 saturated carbocycles. The first kappa shape index (κ1) is 26.3. The highest BCUT2D eigenvalue weighted by Crippen LogP contribution is 2.32. The van der Waals surface area contributed by atoms with E-state index < -0.39 is 11.6 Å². The van der Waals surface area contributed by atoms with Gasteiger partial charge < -0.3 is 20.3 Å². The number of nitrogens with zero attached hydrogens (tertiary/aromatic N) is 3. The van der Waals surface area contributed by atoms with E-state index in [1.165, 1.54) is 36.5 Å². The summed E-state index contributed by atoms with van der Waals surface area (Å²) in [7, 11) is 3.80. The van der Waals surface area contributed by atoms with E-state index in [1.807, 2.05) is 19.0 Å². The monoisotopic (exact) mass is 513 g/mol. The van der Waals surface area contributed by atoms with Crippen LogP contribution < -0.4 is 15.4 Å². The Labute approximate surface area is 219 Å². The predicted octanol–water partition coefficient (Wildman–Crippen LogP) is 5.76. The average Bonchev–Trinajstić information content (AvgIpc) is 2.88. The van der Waals surface area contributed by atoms with Crippen LogP contribution in [0.4, 0.5) is 25.8 Å². The second-order valence-corrected chi connectivity index (χ2v) is 8.73. The van der Waals surface area contributed by atoms with Gasteiger partial charge in [-0.15, -0.1) is 0 Å². The molecular formula is C29H25F2N5O2. The fourth-order valence-electron chi connectivity index (χ4n) is 3.67. The standard InChI is InChI=1S/C29H25F2N5O2/c1-36(2)12-4-7-28(37)34-22-8-10-26-24(14-22)29(20(16-32)17-33-26)35-23-9-11-27(25(31)15-23)38-18-19-5-3-6-21(30)13-19/h3-11,13-15,17H,12,18H2,1-2H3,(H,33,35)(H,34,37). The Balaban J connectivity index is 1.56. The van der Waals surface area contributed by atoms with Gasteiger partial charge in [0.05, 0.1) is 16.8 Å². The maximum atomic E-state index is 14.8. The second-order valence-electron chi connectivity index (χ2n) is 8.73. The number of halogens is 2. The van der Waals surface area contributed by atoms with Crippen LogP contribution in [-0.2, 0) is 11.4 Å². The van der Waals surface area contributed by atoms with Crippen molar-refractivity contribution in [1.29, 1.82) is 5.26 Å². The minimum atomic E-state index is -0.624. The van der Waals surface area contributed by atoms with E-state index in [4.69, 9.17) is 4.74 Å². The molecule has 0 unspecified atom stereocenters. The van der Waals surface area contributed by atoms with E-state index in [0.29, 0.717) is 40.1 Å². The number of amides is 1. The summed E-state index contributed by atoms with van der Waals surface area (Å²) in [5, 5.41) is 16.2. The first-order valence-corrected chi connectivity index (χ1v) is 11.7. The van der Waals surface area contributed by atoms with Gasteiger partial charge in [0.15, 0.2) is 11.6 Å². The van der Waals surface area contributed by atoms with Crippen LogP contribution in [0.1, 0.15) is 11.1 Å². The molecule has 9 heteroatoms.